The molecule has 2 heterocycles. The van der Waals surface area contributed by atoms with Crippen molar-refractivity contribution in [3.63, 3.8) is 0 Å². The highest BCUT2D eigenvalue weighted by molar-refractivity contribution is 5.16. The summed E-state index contributed by atoms with van der Waals surface area (Å²) in [6, 6.07) is 5.01. The zero-order valence-electron chi connectivity index (χ0n) is 13.8. The van der Waals surface area contributed by atoms with Gasteiger partial charge in [0, 0.05) is 19.7 Å². The van der Waals surface area contributed by atoms with E-state index >= 15 is 0 Å². The molecule has 1 atom stereocenters. The predicted octanol–water partition coefficient (Wildman–Crippen LogP) is 2.79. The Morgan fingerprint density at radius 3 is 2.48 bits per heavy atom. The lowest BCUT2D eigenvalue weighted by Gasteiger charge is -2.16. The third-order valence-electron chi connectivity index (χ3n) is 4.14. The van der Waals surface area contributed by atoms with Gasteiger partial charge in [0.15, 0.2) is 0 Å². The van der Waals surface area contributed by atoms with Gasteiger partial charge < -0.3 is 5.32 Å². The van der Waals surface area contributed by atoms with Crippen molar-refractivity contribution in [3.8, 4) is 0 Å². The molecule has 0 aliphatic heterocycles. The van der Waals surface area contributed by atoms with Crippen molar-refractivity contribution < 1.29 is 0 Å². The van der Waals surface area contributed by atoms with Crippen LogP contribution in [0.25, 0.3) is 0 Å². The van der Waals surface area contributed by atoms with Gasteiger partial charge in [0.1, 0.15) is 0 Å². The van der Waals surface area contributed by atoms with Crippen LogP contribution in [-0.2, 0) is 13.5 Å². The first-order chi connectivity index (χ1) is 10.1. The maximum Gasteiger partial charge on any atom is 0.0644 e. The molecule has 2 aromatic heterocycles. The van der Waals surface area contributed by atoms with Crippen LogP contribution in [-0.4, -0.2) is 26.6 Å². The van der Waals surface area contributed by atoms with Gasteiger partial charge in [0.25, 0.3) is 0 Å². The topological polar surface area (TPSA) is 47.7 Å². The molecule has 0 radical (unpaired) electrons. The Morgan fingerprint density at radius 2 is 1.95 bits per heavy atom. The molecular weight excluding hydrogens is 262 g/mol. The summed E-state index contributed by atoms with van der Waals surface area (Å²) in [5.74, 6) is 0. The lowest BCUT2D eigenvalue weighted by molar-refractivity contribution is 0.422. The quantitative estimate of drug-likeness (QED) is 0.852. The van der Waals surface area contributed by atoms with Crippen LogP contribution in [0, 0.1) is 6.92 Å². The molecule has 0 bridgehead atoms. The van der Waals surface area contributed by atoms with Crippen molar-refractivity contribution in [3.05, 3.63) is 35.4 Å². The van der Waals surface area contributed by atoms with Crippen LogP contribution in [0.4, 0.5) is 0 Å². The molecule has 0 saturated heterocycles. The van der Waals surface area contributed by atoms with Gasteiger partial charge in [-0.15, -0.1) is 0 Å². The zero-order chi connectivity index (χ0) is 15.4. The normalized spacial score (nSPS) is 13.0. The van der Waals surface area contributed by atoms with E-state index in [0.717, 1.165) is 30.7 Å². The standard InChI is InChI=1S/C16H27N5/c1-6-14(7-2)21-9-8-13(19-21)11-15(17-4)16-10-12(3)18-20(16)5/h8-10,14-15,17H,6-7,11H2,1-5H3. The van der Waals surface area contributed by atoms with Crippen molar-refractivity contribution in [2.45, 2.75) is 52.1 Å². The predicted molar refractivity (Wildman–Crippen MR) is 85.3 cm³/mol. The Kier molecular flexibility index (Phi) is 5.17. The number of nitrogens with zero attached hydrogens (tertiary/aromatic N) is 4. The van der Waals surface area contributed by atoms with Crippen molar-refractivity contribution in [2.24, 2.45) is 7.05 Å². The Morgan fingerprint density at radius 1 is 1.24 bits per heavy atom. The van der Waals surface area contributed by atoms with Crippen LogP contribution >= 0.6 is 0 Å². The first-order valence-corrected chi connectivity index (χ1v) is 7.80. The summed E-state index contributed by atoms with van der Waals surface area (Å²) < 4.78 is 4.06. The summed E-state index contributed by atoms with van der Waals surface area (Å²) in [5.41, 5.74) is 3.38. The fourth-order valence-corrected chi connectivity index (χ4v) is 2.87. The molecule has 5 nitrogen and oxygen atoms in total. The molecule has 0 aliphatic rings. The maximum atomic E-state index is 4.75. The fourth-order valence-electron chi connectivity index (χ4n) is 2.87. The molecule has 0 saturated carbocycles. The lowest BCUT2D eigenvalue weighted by Crippen LogP contribution is -2.22. The largest absolute Gasteiger partial charge is 0.311 e. The van der Waals surface area contributed by atoms with E-state index in [0.29, 0.717) is 6.04 Å². The molecule has 1 N–H and O–H groups in total. The average Bonchev–Trinajstić information content (AvgIpc) is 3.04. The number of aromatic nitrogens is 4. The van der Waals surface area contributed by atoms with E-state index in [1.54, 1.807) is 0 Å². The van der Waals surface area contributed by atoms with Gasteiger partial charge >= 0.3 is 0 Å². The van der Waals surface area contributed by atoms with Gasteiger partial charge in [-0.25, -0.2) is 0 Å². The first kappa shape index (κ1) is 15.8. The monoisotopic (exact) mass is 289 g/mol. The highest BCUT2D eigenvalue weighted by Crippen LogP contribution is 2.20. The Balaban J connectivity index is 2.14. The van der Waals surface area contributed by atoms with Gasteiger partial charge in [-0.2, -0.15) is 10.2 Å². The molecule has 5 heteroatoms. The maximum absolute atomic E-state index is 4.75. The summed E-state index contributed by atoms with van der Waals surface area (Å²) in [6.45, 7) is 6.45. The molecular formula is C16H27N5. The summed E-state index contributed by atoms with van der Waals surface area (Å²) in [5, 5.41) is 12.6. The fraction of sp³-hybridized carbons (Fsp3) is 0.625. The van der Waals surface area contributed by atoms with Gasteiger partial charge in [-0.05, 0) is 38.9 Å². The third kappa shape index (κ3) is 3.53. The summed E-state index contributed by atoms with van der Waals surface area (Å²) in [7, 11) is 3.99. The van der Waals surface area contributed by atoms with Crippen LogP contribution in [0.2, 0.25) is 0 Å². The number of rotatable bonds is 7. The van der Waals surface area contributed by atoms with Gasteiger partial charge in [-0.3, -0.25) is 9.36 Å². The zero-order valence-corrected chi connectivity index (χ0v) is 13.8. The SMILES string of the molecule is CCC(CC)n1ccc(CC(NC)c2cc(C)nn2C)n1. The molecule has 1 unspecified atom stereocenters. The van der Waals surface area contributed by atoms with Gasteiger partial charge in [-0.1, -0.05) is 13.8 Å². The lowest BCUT2D eigenvalue weighted by atomic mass is 10.1. The third-order valence-corrected chi connectivity index (χ3v) is 4.14. The van der Waals surface area contributed by atoms with E-state index in [2.05, 4.69) is 47.3 Å². The minimum Gasteiger partial charge on any atom is -0.311 e. The van der Waals surface area contributed by atoms with Crippen molar-refractivity contribution in [1.29, 1.82) is 0 Å². The van der Waals surface area contributed by atoms with E-state index in [-0.39, 0.29) is 6.04 Å². The van der Waals surface area contributed by atoms with Crippen LogP contribution in [0.15, 0.2) is 18.3 Å². The van der Waals surface area contributed by atoms with E-state index in [4.69, 9.17) is 5.10 Å². The number of aryl methyl sites for hydroxylation is 2. The van der Waals surface area contributed by atoms with Gasteiger partial charge in [0.05, 0.1) is 29.2 Å². The number of hydrogen-bond acceptors (Lipinski definition) is 3. The molecule has 116 valence electrons. The molecule has 0 amide bonds. The molecule has 0 aromatic carbocycles. The van der Waals surface area contributed by atoms with Gasteiger partial charge in [0.2, 0.25) is 0 Å². The average molecular weight is 289 g/mol. The molecule has 2 rings (SSSR count). The Hall–Kier alpha value is -1.62. The molecule has 0 spiro atoms. The highest BCUT2D eigenvalue weighted by Gasteiger charge is 2.17. The van der Waals surface area contributed by atoms with Crippen LogP contribution in [0.1, 0.15) is 55.9 Å². The van der Waals surface area contributed by atoms with Crippen molar-refractivity contribution in [2.75, 3.05) is 7.05 Å². The summed E-state index contributed by atoms with van der Waals surface area (Å²) in [4.78, 5) is 0. The van der Waals surface area contributed by atoms with Crippen LogP contribution in [0.3, 0.4) is 0 Å². The molecule has 0 aliphatic carbocycles. The number of likely N-dealkylation sites (N-methyl/N-ethyl adjacent to an activating group) is 1. The van der Waals surface area contributed by atoms with E-state index < -0.39 is 0 Å². The van der Waals surface area contributed by atoms with Crippen LogP contribution < -0.4 is 5.32 Å². The van der Waals surface area contributed by atoms with E-state index in [1.165, 1.54) is 5.69 Å². The van der Waals surface area contributed by atoms with Crippen molar-refractivity contribution in [1.82, 2.24) is 24.9 Å². The second-order valence-electron chi connectivity index (χ2n) is 5.64. The summed E-state index contributed by atoms with van der Waals surface area (Å²) >= 11 is 0. The number of hydrogen-bond donors (Lipinski definition) is 1. The highest BCUT2D eigenvalue weighted by atomic mass is 15.3. The smallest absolute Gasteiger partial charge is 0.0644 e. The minimum atomic E-state index is 0.237. The number of nitrogens with one attached hydrogen (secondary N) is 1. The minimum absolute atomic E-state index is 0.237. The van der Waals surface area contributed by atoms with E-state index in [1.807, 2.05) is 25.7 Å². The molecule has 2 aromatic rings. The first-order valence-electron chi connectivity index (χ1n) is 7.80. The van der Waals surface area contributed by atoms with Crippen molar-refractivity contribution >= 4 is 0 Å². The van der Waals surface area contributed by atoms with Crippen LogP contribution in [0.5, 0.6) is 0 Å². The molecule has 0 fully saturated rings. The van der Waals surface area contributed by atoms with E-state index in [9.17, 15) is 0 Å². The Labute approximate surface area is 127 Å². The summed E-state index contributed by atoms with van der Waals surface area (Å²) in [6.07, 6.45) is 5.22. The Bertz CT molecular complexity index is 565. The molecule has 21 heavy (non-hydrogen) atoms. The second kappa shape index (κ2) is 6.89. The second-order valence-corrected chi connectivity index (χ2v) is 5.64.